The normalized spacial score (nSPS) is 21.3. The molecule has 26 heavy (non-hydrogen) atoms. The highest BCUT2D eigenvalue weighted by atomic mass is 32.2. The third-order valence-electron chi connectivity index (χ3n) is 5.22. The van der Waals surface area contributed by atoms with Crippen LogP contribution in [0.15, 0.2) is 4.52 Å². The molecule has 1 aromatic rings. The zero-order chi connectivity index (χ0) is 18.9. The Kier molecular flexibility index (Phi) is 5.66. The lowest BCUT2D eigenvalue weighted by Crippen LogP contribution is -2.57. The third-order valence-corrected chi connectivity index (χ3v) is 7.25. The van der Waals surface area contributed by atoms with Gasteiger partial charge in [-0.15, -0.1) is 0 Å². The molecule has 2 fully saturated rings. The predicted octanol–water partition coefficient (Wildman–Crippen LogP) is -0.530. The second-order valence-corrected chi connectivity index (χ2v) is 8.90. The van der Waals surface area contributed by atoms with E-state index in [1.807, 2.05) is 14.0 Å². The second kappa shape index (κ2) is 7.63. The van der Waals surface area contributed by atoms with Crippen LogP contribution < -0.4 is 0 Å². The van der Waals surface area contributed by atoms with Crippen molar-refractivity contribution in [1.29, 1.82) is 0 Å². The van der Waals surface area contributed by atoms with Crippen LogP contribution in [-0.4, -0.2) is 97.3 Å². The lowest BCUT2D eigenvalue weighted by molar-refractivity contribution is -0.131. The average molecular weight is 385 g/mol. The van der Waals surface area contributed by atoms with Gasteiger partial charge in [-0.1, -0.05) is 5.16 Å². The average Bonchev–Trinajstić information content (AvgIpc) is 2.94. The summed E-state index contributed by atoms with van der Waals surface area (Å²) in [6, 6.07) is 0. The van der Waals surface area contributed by atoms with Gasteiger partial charge in [0.25, 0.3) is 10.2 Å². The Morgan fingerprint density at radius 2 is 1.54 bits per heavy atom. The number of likely N-dealkylation sites (N-methyl/N-ethyl adjacent to an activating group) is 1. The van der Waals surface area contributed by atoms with Gasteiger partial charge in [-0.05, 0) is 20.9 Å². The van der Waals surface area contributed by atoms with Gasteiger partial charge in [-0.25, -0.2) is 0 Å². The SMILES string of the molecule is Cc1noc(C)c1CC(=O)N1CCN(S(=O)(=O)N2CCN(C)CC2)CC1. The standard InChI is InChI=1S/C16H27N5O4S/c1-13-15(14(2)25-17-13)12-16(22)19-6-10-21(11-7-19)26(23,24)20-8-4-18(3)5-9-20/h4-12H2,1-3H3. The van der Waals surface area contributed by atoms with E-state index in [4.69, 9.17) is 4.52 Å². The minimum Gasteiger partial charge on any atom is -0.361 e. The number of hydrogen-bond acceptors (Lipinski definition) is 6. The fraction of sp³-hybridized carbons (Fsp3) is 0.750. The molecule has 0 bridgehead atoms. The van der Waals surface area contributed by atoms with E-state index in [1.54, 1.807) is 16.1 Å². The van der Waals surface area contributed by atoms with Crippen LogP contribution in [0.2, 0.25) is 0 Å². The molecule has 0 saturated carbocycles. The van der Waals surface area contributed by atoms with Gasteiger partial charge >= 0.3 is 0 Å². The summed E-state index contributed by atoms with van der Waals surface area (Å²) in [6.07, 6.45) is 0.242. The number of piperazine rings is 2. The van der Waals surface area contributed by atoms with Crippen molar-refractivity contribution in [1.82, 2.24) is 23.6 Å². The molecule has 0 radical (unpaired) electrons. The van der Waals surface area contributed by atoms with Gasteiger partial charge in [0.05, 0.1) is 12.1 Å². The highest BCUT2D eigenvalue weighted by Gasteiger charge is 2.34. The van der Waals surface area contributed by atoms with Gasteiger partial charge in [0.2, 0.25) is 5.91 Å². The van der Waals surface area contributed by atoms with E-state index in [1.165, 1.54) is 4.31 Å². The first kappa shape index (κ1) is 19.3. The van der Waals surface area contributed by atoms with E-state index < -0.39 is 10.2 Å². The zero-order valence-electron chi connectivity index (χ0n) is 15.6. The molecule has 0 aliphatic carbocycles. The highest BCUT2D eigenvalue weighted by molar-refractivity contribution is 7.86. The molecule has 10 heteroatoms. The lowest BCUT2D eigenvalue weighted by atomic mass is 10.1. The molecular formula is C16H27N5O4S. The van der Waals surface area contributed by atoms with Gasteiger partial charge < -0.3 is 14.3 Å². The van der Waals surface area contributed by atoms with Crippen molar-refractivity contribution < 1.29 is 17.7 Å². The minimum absolute atomic E-state index is 0.0176. The Bertz CT molecular complexity index is 727. The first-order chi connectivity index (χ1) is 12.3. The Balaban J connectivity index is 1.56. The van der Waals surface area contributed by atoms with E-state index in [2.05, 4.69) is 10.1 Å². The number of aryl methyl sites for hydroxylation is 2. The number of rotatable bonds is 4. The first-order valence-electron chi connectivity index (χ1n) is 8.92. The van der Waals surface area contributed by atoms with Gasteiger partial charge in [0.1, 0.15) is 5.76 Å². The summed E-state index contributed by atoms with van der Waals surface area (Å²) in [5.74, 6) is 0.642. The summed E-state index contributed by atoms with van der Waals surface area (Å²) in [5, 5.41) is 3.87. The maximum absolute atomic E-state index is 12.8. The highest BCUT2D eigenvalue weighted by Crippen LogP contribution is 2.17. The lowest BCUT2D eigenvalue weighted by Gasteiger charge is -2.39. The van der Waals surface area contributed by atoms with Crippen molar-refractivity contribution in [2.24, 2.45) is 0 Å². The monoisotopic (exact) mass is 385 g/mol. The van der Waals surface area contributed by atoms with Crippen molar-refractivity contribution in [2.45, 2.75) is 20.3 Å². The Hall–Kier alpha value is -1.49. The summed E-state index contributed by atoms with van der Waals surface area (Å²) < 4.78 is 33.7. The van der Waals surface area contributed by atoms with Crippen molar-refractivity contribution in [2.75, 3.05) is 59.4 Å². The fourth-order valence-electron chi connectivity index (χ4n) is 3.37. The van der Waals surface area contributed by atoms with Crippen LogP contribution in [0.5, 0.6) is 0 Å². The van der Waals surface area contributed by atoms with E-state index in [0.717, 1.165) is 24.3 Å². The van der Waals surface area contributed by atoms with E-state index in [0.29, 0.717) is 45.0 Å². The summed E-state index contributed by atoms with van der Waals surface area (Å²) in [4.78, 5) is 16.4. The molecule has 1 aromatic heterocycles. The van der Waals surface area contributed by atoms with Gasteiger partial charge in [0.15, 0.2) is 0 Å². The molecule has 2 aliphatic heterocycles. The van der Waals surface area contributed by atoms with Crippen LogP contribution >= 0.6 is 0 Å². The quantitative estimate of drug-likeness (QED) is 0.692. The number of amides is 1. The molecule has 3 rings (SSSR count). The number of aromatic nitrogens is 1. The summed E-state index contributed by atoms with van der Waals surface area (Å²) in [6.45, 7) is 7.63. The van der Waals surface area contributed by atoms with E-state index >= 15 is 0 Å². The van der Waals surface area contributed by atoms with Gasteiger partial charge in [0, 0.05) is 57.9 Å². The topological polar surface area (TPSA) is 90.2 Å². The van der Waals surface area contributed by atoms with E-state index in [-0.39, 0.29) is 12.3 Å². The van der Waals surface area contributed by atoms with Crippen molar-refractivity contribution in [3.8, 4) is 0 Å². The van der Waals surface area contributed by atoms with Crippen LogP contribution in [0.4, 0.5) is 0 Å². The number of nitrogens with zero attached hydrogens (tertiary/aromatic N) is 5. The van der Waals surface area contributed by atoms with Crippen LogP contribution in [0, 0.1) is 13.8 Å². The molecule has 0 unspecified atom stereocenters. The molecule has 0 aromatic carbocycles. The summed E-state index contributed by atoms with van der Waals surface area (Å²) >= 11 is 0. The first-order valence-corrected chi connectivity index (χ1v) is 10.3. The smallest absolute Gasteiger partial charge is 0.282 e. The third kappa shape index (κ3) is 3.93. The van der Waals surface area contributed by atoms with Crippen molar-refractivity contribution >= 4 is 16.1 Å². The molecule has 3 heterocycles. The Morgan fingerprint density at radius 3 is 2.04 bits per heavy atom. The Labute approximate surface area is 154 Å². The van der Waals surface area contributed by atoms with E-state index in [9.17, 15) is 13.2 Å². The predicted molar refractivity (Wildman–Crippen MR) is 95.8 cm³/mol. The number of carbonyl (C=O) groups is 1. The number of carbonyl (C=O) groups excluding carboxylic acids is 1. The van der Waals surface area contributed by atoms with Crippen LogP contribution in [-0.2, 0) is 21.4 Å². The molecule has 0 spiro atoms. The molecular weight excluding hydrogens is 358 g/mol. The molecule has 9 nitrogen and oxygen atoms in total. The molecule has 146 valence electrons. The summed E-state index contributed by atoms with van der Waals surface area (Å²) in [7, 11) is -1.45. The van der Waals surface area contributed by atoms with Crippen molar-refractivity contribution in [3.63, 3.8) is 0 Å². The minimum atomic E-state index is -3.44. The van der Waals surface area contributed by atoms with Gasteiger partial charge in [-0.3, -0.25) is 4.79 Å². The zero-order valence-corrected chi connectivity index (χ0v) is 16.5. The van der Waals surface area contributed by atoms with Crippen molar-refractivity contribution in [3.05, 3.63) is 17.0 Å². The molecule has 2 saturated heterocycles. The molecule has 0 N–H and O–H groups in total. The fourth-order valence-corrected chi connectivity index (χ4v) is 4.94. The van der Waals surface area contributed by atoms with Crippen LogP contribution in [0.1, 0.15) is 17.0 Å². The molecule has 1 amide bonds. The maximum Gasteiger partial charge on any atom is 0.282 e. The summed E-state index contributed by atoms with van der Waals surface area (Å²) in [5.41, 5.74) is 1.55. The number of hydrogen-bond donors (Lipinski definition) is 0. The second-order valence-electron chi connectivity index (χ2n) is 6.97. The maximum atomic E-state index is 12.8. The van der Waals surface area contributed by atoms with Crippen LogP contribution in [0.25, 0.3) is 0 Å². The Morgan fingerprint density at radius 1 is 1.00 bits per heavy atom. The van der Waals surface area contributed by atoms with Crippen LogP contribution in [0.3, 0.4) is 0 Å². The molecule has 2 aliphatic rings. The largest absolute Gasteiger partial charge is 0.361 e. The van der Waals surface area contributed by atoms with Gasteiger partial charge in [-0.2, -0.15) is 17.0 Å². The molecule has 0 atom stereocenters.